The maximum Gasteiger partial charge on any atom is 0.150 e. The smallest absolute Gasteiger partial charge is 0.150 e. The van der Waals surface area contributed by atoms with E-state index in [0.29, 0.717) is 5.92 Å². The molecule has 0 unspecified atom stereocenters. The molecule has 0 bridgehead atoms. The van der Waals surface area contributed by atoms with Gasteiger partial charge in [-0.25, -0.2) is 0 Å². The quantitative estimate of drug-likeness (QED) is 0.771. The Balaban J connectivity index is 2.12. The zero-order valence-corrected chi connectivity index (χ0v) is 13.6. The average molecular weight is 302 g/mol. The molecule has 1 N–H and O–H groups in total. The molecule has 21 heavy (non-hydrogen) atoms. The summed E-state index contributed by atoms with van der Waals surface area (Å²) < 4.78 is 6.07. The predicted octanol–water partition coefficient (Wildman–Crippen LogP) is 4.34. The first-order chi connectivity index (χ1) is 10.2. The maximum absolute atomic E-state index is 6.07. The number of hydrogen-bond donors (Lipinski definition) is 1. The Bertz CT molecular complexity index is 572. The summed E-state index contributed by atoms with van der Waals surface area (Å²) in [6.07, 6.45) is 5.64. The molecule has 4 heteroatoms. The van der Waals surface area contributed by atoms with Crippen molar-refractivity contribution < 1.29 is 4.74 Å². The Kier molecular flexibility index (Phi) is 6.08. The first-order valence-electron chi connectivity index (χ1n) is 7.15. The Labute approximate surface area is 131 Å². The van der Waals surface area contributed by atoms with E-state index >= 15 is 0 Å². The molecule has 0 aliphatic carbocycles. The van der Waals surface area contributed by atoms with Gasteiger partial charge in [-0.3, -0.25) is 4.98 Å². The first kappa shape index (κ1) is 15.9. The van der Waals surface area contributed by atoms with E-state index in [-0.39, 0.29) is 0 Å². The van der Waals surface area contributed by atoms with Gasteiger partial charge in [0.1, 0.15) is 11.5 Å². The van der Waals surface area contributed by atoms with Crippen LogP contribution in [0.5, 0.6) is 11.5 Å². The number of para-hydroxylation sites is 1. The highest BCUT2D eigenvalue weighted by molar-refractivity contribution is 7.98. The van der Waals surface area contributed by atoms with E-state index in [4.69, 9.17) is 4.74 Å². The Morgan fingerprint density at radius 1 is 1.19 bits per heavy atom. The molecule has 0 saturated heterocycles. The van der Waals surface area contributed by atoms with Crippen molar-refractivity contribution in [2.45, 2.75) is 25.3 Å². The SMILES string of the molecule is CSc1ccccc1Oc1cnccc1CNCC(C)C. The fraction of sp³-hybridized carbons (Fsp3) is 0.353. The van der Waals surface area contributed by atoms with Gasteiger partial charge in [0.2, 0.25) is 0 Å². The lowest BCUT2D eigenvalue weighted by molar-refractivity contribution is 0.457. The standard InChI is InChI=1S/C17H22N2OS/c1-13(2)10-19-11-14-8-9-18-12-16(14)20-15-6-4-5-7-17(15)21-3/h4-9,12-13,19H,10-11H2,1-3H3. The van der Waals surface area contributed by atoms with Gasteiger partial charge in [-0.05, 0) is 36.9 Å². The minimum Gasteiger partial charge on any atom is -0.454 e. The molecule has 2 aromatic rings. The number of benzene rings is 1. The average Bonchev–Trinajstić information content (AvgIpc) is 2.49. The molecule has 112 valence electrons. The monoisotopic (exact) mass is 302 g/mol. The van der Waals surface area contributed by atoms with Crippen LogP contribution in [0.3, 0.4) is 0 Å². The molecule has 0 amide bonds. The minimum absolute atomic E-state index is 0.633. The van der Waals surface area contributed by atoms with Crippen molar-refractivity contribution >= 4 is 11.8 Å². The van der Waals surface area contributed by atoms with Crippen LogP contribution in [0, 0.1) is 5.92 Å². The molecule has 0 atom stereocenters. The Morgan fingerprint density at radius 3 is 2.76 bits per heavy atom. The fourth-order valence-corrected chi connectivity index (χ4v) is 2.49. The van der Waals surface area contributed by atoms with Crippen LogP contribution in [-0.2, 0) is 6.54 Å². The van der Waals surface area contributed by atoms with E-state index in [0.717, 1.165) is 35.0 Å². The lowest BCUT2D eigenvalue weighted by atomic mass is 10.2. The minimum atomic E-state index is 0.633. The fourth-order valence-electron chi connectivity index (χ4n) is 1.96. The third kappa shape index (κ3) is 4.76. The number of ether oxygens (including phenoxy) is 1. The van der Waals surface area contributed by atoms with E-state index < -0.39 is 0 Å². The number of aromatic nitrogens is 1. The van der Waals surface area contributed by atoms with Crippen LogP contribution in [-0.4, -0.2) is 17.8 Å². The second kappa shape index (κ2) is 8.05. The number of hydrogen-bond acceptors (Lipinski definition) is 4. The van der Waals surface area contributed by atoms with Gasteiger partial charge in [0.25, 0.3) is 0 Å². The zero-order valence-electron chi connectivity index (χ0n) is 12.8. The number of thioether (sulfide) groups is 1. The number of nitrogens with zero attached hydrogens (tertiary/aromatic N) is 1. The molecule has 0 spiro atoms. The van der Waals surface area contributed by atoms with Crippen molar-refractivity contribution in [2.75, 3.05) is 12.8 Å². The maximum atomic E-state index is 6.07. The summed E-state index contributed by atoms with van der Waals surface area (Å²) in [5.74, 6) is 2.33. The van der Waals surface area contributed by atoms with Crippen LogP contribution in [0.25, 0.3) is 0 Å². The number of nitrogens with one attached hydrogen (secondary N) is 1. The highest BCUT2D eigenvalue weighted by Crippen LogP contribution is 2.32. The summed E-state index contributed by atoms with van der Waals surface area (Å²) in [5.41, 5.74) is 1.13. The van der Waals surface area contributed by atoms with E-state index in [2.05, 4.69) is 36.5 Å². The summed E-state index contributed by atoms with van der Waals surface area (Å²) in [4.78, 5) is 5.31. The van der Waals surface area contributed by atoms with Gasteiger partial charge in [-0.2, -0.15) is 0 Å². The van der Waals surface area contributed by atoms with Gasteiger partial charge in [-0.15, -0.1) is 11.8 Å². The van der Waals surface area contributed by atoms with E-state index in [1.165, 1.54) is 0 Å². The second-order valence-electron chi connectivity index (χ2n) is 5.26. The molecule has 0 fully saturated rings. The number of rotatable bonds is 7. The van der Waals surface area contributed by atoms with Gasteiger partial charge >= 0.3 is 0 Å². The molecule has 0 saturated carbocycles. The molecular weight excluding hydrogens is 280 g/mol. The molecule has 2 rings (SSSR count). The Hall–Kier alpha value is -1.52. The second-order valence-corrected chi connectivity index (χ2v) is 6.11. The highest BCUT2D eigenvalue weighted by atomic mass is 32.2. The summed E-state index contributed by atoms with van der Waals surface area (Å²) in [6.45, 7) is 6.18. The van der Waals surface area contributed by atoms with Crippen molar-refractivity contribution in [3.8, 4) is 11.5 Å². The molecule has 0 radical (unpaired) electrons. The number of pyridine rings is 1. The van der Waals surface area contributed by atoms with Crippen molar-refractivity contribution in [1.82, 2.24) is 10.3 Å². The lowest BCUT2D eigenvalue weighted by Crippen LogP contribution is -2.19. The summed E-state index contributed by atoms with van der Waals surface area (Å²) in [6, 6.07) is 10.1. The largest absolute Gasteiger partial charge is 0.454 e. The van der Waals surface area contributed by atoms with E-state index in [1.807, 2.05) is 24.3 Å². The molecule has 3 nitrogen and oxygen atoms in total. The van der Waals surface area contributed by atoms with Crippen LogP contribution in [0.4, 0.5) is 0 Å². The molecular formula is C17H22N2OS. The van der Waals surface area contributed by atoms with Crippen LogP contribution in [0.15, 0.2) is 47.6 Å². The highest BCUT2D eigenvalue weighted by Gasteiger charge is 2.08. The normalized spacial score (nSPS) is 10.9. The van der Waals surface area contributed by atoms with E-state index in [9.17, 15) is 0 Å². The molecule has 1 aromatic heterocycles. The summed E-state index contributed by atoms with van der Waals surface area (Å²) >= 11 is 1.68. The van der Waals surface area contributed by atoms with Crippen molar-refractivity contribution in [3.63, 3.8) is 0 Å². The van der Waals surface area contributed by atoms with Crippen LogP contribution < -0.4 is 10.1 Å². The topological polar surface area (TPSA) is 34.1 Å². The molecule has 0 aliphatic rings. The lowest BCUT2D eigenvalue weighted by Gasteiger charge is -2.14. The molecule has 0 aliphatic heterocycles. The van der Waals surface area contributed by atoms with Crippen LogP contribution >= 0.6 is 11.8 Å². The van der Waals surface area contributed by atoms with Gasteiger partial charge < -0.3 is 10.1 Å². The van der Waals surface area contributed by atoms with Crippen molar-refractivity contribution in [3.05, 3.63) is 48.3 Å². The first-order valence-corrected chi connectivity index (χ1v) is 8.37. The van der Waals surface area contributed by atoms with Crippen molar-refractivity contribution in [1.29, 1.82) is 0 Å². The molecule has 1 aromatic carbocycles. The van der Waals surface area contributed by atoms with Gasteiger partial charge in [-0.1, -0.05) is 26.0 Å². The Morgan fingerprint density at radius 2 is 2.00 bits per heavy atom. The molecule has 1 heterocycles. The van der Waals surface area contributed by atoms with E-state index in [1.54, 1.807) is 24.2 Å². The third-order valence-corrected chi connectivity index (χ3v) is 3.80. The van der Waals surface area contributed by atoms with Gasteiger partial charge in [0.05, 0.1) is 6.20 Å². The zero-order chi connectivity index (χ0) is 15.1. The summed E-state index contributed by atoms with van der Waals surface area (Å²) in [5, 5.41) is 3.44. The van der Waals surface area contributed by atoms with Gasteiger partial charge in [0.15, 0.2) is 0 Å². The van der Waals surface area contributed by atoms with Crippen LogP contribution in [0.2, 0.25) is 0 Å². The van der Waals surface area contributed by atoms with Crippen molar-refractivity contribution in [2.24, 2.45) is 5.92 Å². The van der Waals surface area contributed by atoms with Crippen LogP contribution in [0.1, 0.15) is 19.4 Å². The predicted molar refractivity (Wildman–Crippen MR) is 89.1 cm³/mol. The summed E-state index contributed by atoms with van der Waals surface area (Å²) in [7, 11) is 0. The van der Waals surface area contributed by atoms with Gasteiger partial charge in [0, 0.05) is 23.2 Å². The third-order valence-electron chi connectivity index (χ3n) is 3.03.